The van der Waals surface area contributed by atoms with E-state index in [-0.39, 0.29) is 17.7 Å². The van der Waals surface area contributed by atoms with Crippen LogP contribution in [0.15, 0.2) is 24.3 Å². The van der Waals surface area contributed by atoms with Gasteiger partial charge in [0.1, 0.15) is 5.75 Å². The second kappa shape index (κ2) is 6.70. The summed E-state index contributed by atoms with van der Waals surface area (Å²) in [5.74, 6) is 2.63. The Labute approximate surface area is 148 Å². The maximum Gasteiger partial charge on any atom is 0.253 e. The molecule has 2 saturated carbocycles. The molecule has 0 spiro atoms. The lowest BCUT2D eigenvalue weighted by molar-refractivity contribution is -0.134. The number of hydrogen-bond donors (Lipinski definition) is 0. The smallest absolute Gasteiger partial charge is 0.253 e. The van der Waals surface area contributed by atoms with Crippen molar-refractivity contribution in [2.24, 2.45) is 17.8 Å². The van der Waals surface area contributed by atoms with Crippen molar-refractivity contribution in [3.63, 3.8) is 0 Å². The molecule has 0 bridgehead atoms. The molecule has 2 atom stereocenters. The Hall–Kier alpha value is -2.04. The fraction of sp³-hybridized carbons (Fsp3) is 0.600. The summed E-state index contributed by atoms with van der Waals surface area (Å²) < 4.78 is 5.72. The van der Waals surface area contributed by atoms with Crippen LogP contribution in [0, 0.1) is 17.8 Å². The minimum atomic E-state index is 0.0423. The van der Waals surface area contributed by atoms with E-state index in [4.69, 9.17) is 4.74 Å². The van der Waals surface area contributed by atoms with Gasteiger partial charge in [0.25, 0.3) is 5.91 Å². The summed E-state index contributed by atoms with van der Waals surface area (Å²) in [4.78, 5) is 28.7. The van der Waals surface area contributed by atoms with Gasteiger partial charge in [0.05, 0.1) is 6.61 Å². The quantitative estimate of drug-likeness (QED) is 0.826. The second-order valence-electron chi connectivity index (χ2n) is 7.72. The lowest BCUT2D eigenvalue weighted by Gasteiger charge is -2.35. The van der Waals surface area contributed by atoms with E-state index < -0.39 is 0 Å². The molecular formula is C20H26N2O3. The zero-order valence-electron chi connectivity index (χ0n) is 14.8. The van der Waals surface area contributed by atoms with Crippen molar-refractivity contribution in [1.82, 2.24) is 9.80 Å². The Morgan fingerprint density at radius 2 is 1.64 bits per heavy atom. The number of carbonyl (C=O) groups excluding carboxylic acids is 2. The van der Waals surface area contributed by atoms with Gasteiger partial charge in [-0.05, 0) is 55.4 Å². The Morgan fingerprint density at radius 1 is 1.04 bits per heavy atom. The van der Waals surface area contributed by atoms with Gasteiger partial charge >= 0.3 is 0 Å². The van der Waals surface area contributed by atoms with E-state index in [0.717, 1.165) is 24.7 Å². The van der Waals surface area contributed by atoms with E-state index in [1.165, 1.54) is 12.8 Å². The Kier molecular flexibility index (Phi) is 4.40. The van der Waals surface area contributed by atoms with Gasteiger partial charge < -0.3 is 14.5 Å². The number of ether oxygens (including phenoxy) is 1. The minimum absolute atomic E-state index is 0.0423. The van der Waals surface area contributed by atoms with Crippen LogP contribution in [0.3, 0.4) is 0 Å². The highest BCUT2D eigenvalue weighted by molar-refractivity contribution is 5.94. The van der Waals surface area contributed by atoms with Gasteiger partial charge in [-0.25, -0.2) is 0 Å². The number of nitrogens with zero attached hydrogens (tertiary/aromatic N) is 2. The third-order valence-corrected chi connectivity index (χ3v) is 5.59. The van der Waals surface area contributed by atoms with E-state index >= 15 is 0 Å². The summed E-state index contributed by atoms with van der Waals surface area (Å²) in [7, 11) is 0. The third kappa shape index (κ3) is 3.80. The lowest BCUT2D eigenvalue weighted by Crippen LogP contribution is -2.51. The molecular weight excluding hydrogens is 316 g/mol. The lowest BCUT2D eigenvalue weighted by atomic mass is 10.1. The van der Waals surface area contributed by atoms with Crippen LogP contribution in [0.4, 0.5) is 0 Å². The first-order chi connectivity index (χ1) is 12.1. The van der Waals surface area contributed by atoms with E-state index in [1.54, 1.807) is 0 Å². The highest BCUT2D eigenvalue weighted by Gasteiger charge is 2.42. The van der Waals surface area contributed by atoms with E-state index in [2.05, 4.69) is 6.92 Å². The summed E-state index contributed by atoms with van der Waals surface area (Å²) in [6.45, 7) is 5.44. The Bertz CT molecular complexity index is 645. The van der Waals surface area contributed by atoms with Crippen LogP contribution >= 0.6 is 0 Å². The maximum absolute atomic E-state index is 12.6. The van der Waals surface area contributed by atoms with Crippen molar-refractivity contribution in [2.75, 3.05) is 32.8 Å². The van der Waals surface area contributed by atoms with Gasteiger partial charge in [-0.2, -0.15) is 0 Å². The van der Waals surface area contributed by atoms with Crippen LogP contribution in [0.5, 0.6) is 5.75 Å². The van der Waals surface area contributed by atoms with E-state index in [9.17, 15) is 9.59 Å². The molecule has 0 aromatic heterocycles. The molecule has 1 heterocycles. The number of benzene rings is 1. The zero-order valence-corrected chi connectivity index (χ0v) is 14.8. The first kappa shape index (κ1) is 16.4. The molecule has 3 fully saturated rings. The summed E-state index contributed by atoms with van der Waals surface area (Å²) >= 11 is 0. The summed E-state index contributed by atoms with van der Waals surface area (Å²) in [5, 5.41) is 0. The van der Waals surface area contributed by atoms with Crippen LogP contribution in [0.25, 0.3) is 0 Å². The van der Waals surface area contributed by atoms with Crippen LogP contribution in [0.1, 0.15) is 36.5 Å². The zero-order chi connectivity index (χ0) is 17.4. The molecule has 5 nitrogen and oxygen atoms in total. The number of amides is 2. The van der Waals surface area contributed by atoms with Gasteiger partial charge in [0.2, 0.25) is 5.91 Å². The molecule has 4 rings (SSSR count). The molecule has 0 radical (unpaired) electrons. The topological polar surface area (TPSA) is 49.9 Å². The van der Waals surface area contributed by atoms with Crippen LogP contribution in [0.2, 0.25) is 0 Å². The van der Waals surface area contributed by atoms with Crippen molar-refractivity contribution >= 4 is 11.8 Å². The number of hydrogen-bond acceptors (Lipinski definition) is 3. The maximum atomic E-state index is 12.6. The standard InChI is InChI=1S/C20H26N2O3/c1-14-12-18(14)20(24)22-10-8-21(9-11-22)19(23)16-4-6-17(7-5-16)25-13-15-2-3-15/h4-7,14-15,18H,2-3,8-13H2,1H3. The number of piperazine rings is 1. The number of carbonyl (C=O) groups is 2. The molecule has 2 aliphatic carbocycles. The van der Waals surface area contributed by atoms with E-state index in [0.29, 0.717) is 37.7 Å². The molecule has 2 unspecified atom stereocenters. The molecule has 1 saturated heterocycles. The molecule has 2 amide bonds. The van der Waals surface area contributed by atoms with Crippen molar-refractivity contribution in [1.29, 1.82) is 0 Å². The Balaban J connectivity index is 1.28. The molecule has 134 valence electrons. The molecule has 1 aromatic carbocycles. The molecule has 1 aromatic rings. The first-order valence-corrected chi connectivity index (χ1v) is 9.43. The minimum Gasteiger partial charge on any atom is -0.493 e. The van der Waals surface area contributed by atoms with Crippen molar-refractivity contribution in [3.05, 3.63) is 29.8 Å². The number of rotatable bonds is 5. The normalized spacial score (nSPS) is 25.6. The predicted octanol–water partition coefficient (Wildman–Crippen LogP) is 2.42. The molecule has 1 aliphatic heterocycles. The van der Waals surface area contributed by atoms with Gasteiger partial charge in [0.15, 0.2) is 0 Å². The predicted molar refractivity (Wildman–Crippen MR) is 94.4 cm³/mol. The van der Waals surface area contributed by atoms with E-state index in [1.807, 2.05) is 34.1 Å². The highest BCUT2D eigenvalue weighted by Crippen LogP contribution is 2.39. The van der Waals surface area contributed by atoms with Gasteiger partial charge in [0, 0.05) is 37.7 Å². The highest BCUT2D eigenvalue weighted by atomic mass is 16.5. The van der Waals surface area contributed by atoms with Gasteiger partial charge in [-0.3, -0.25) is 9.59 Å². The molecule has 0 N–H and O–H groups in total. The fourth-order valence-corrected chi connectivity index (χ4v) is 3.41. The largest absolute Gasteiger partial charge is 0.493 e. The van der Waals surface area contributed by atoms with Gasteiger partial charge in [-0.15, -0.1) is 0 Å². The van der Waals surface area contributed by atoms with Crippen LogP contribution < -0.4 is 4.74 Å². The molecule has 5 heteroatoms. The average molecular weight is 342 g/mol. The SMILES string of the molecule is CC1CC1C(=O)N1CCN(C(=O)c2ccc(OCC3CC3)cc2)CC1. The van der Waals surface area contributed by atoms with Crippen molar-refractivity contribution in [3.8, 4) is 5.75 Å². The van der Waals surface area contributed by atoms with Gasteiger partial charge in [-0.1, -0.05) is 6.92 Å². The first-order valence-electron chi connectivity index (χ1n) is 9.43. The monoisotopic (exact) mass is 342 g/mol. The van der Waals surface area contributed by atoms with Crippen LogP contribution in [-0.4, -0.2) is 54.4 Å². The van der Waals surface area contributed by atoms with Crippen molar-refractivity contribution in [2.45, 2.75) is 26.2 Å². The third-order valence-electron chi connectivity index (χ3n) is 5.59. The van der Waals surface area contributed by atoms with Crippen LogP contribution in [-0.2, 0) is 4.79 Å². The second-order valence-corrected chi connectivity index (χ2v) is 7.72. The summed E-state index contributed by atoms with van der Waals surface area (Å²) in [6, 6.07) is 7.44. The van der Waals surface area contributed by atoms with Crippen molar-refractivity contribution < 1.29 is 14.3 Å². The molecule has 3 aliphatic rings. The molecule has 25 heavy (non-hydrogen) atoms. The fourth-order valence-electron chi connectivity index (χ4n) is 3.41. The summed E-state index contributed by atoms with van der Waals surface area (Å²) in [6.07, 6.45) is 3.56. The average Bonchev–Trinajstić information content (AvgIpc) is 3.57. The Morgan fingerprint density at radius 3 is 2.20 bits per heavy atom. The summed E-state index contributed by atoms with van der Waals surface area (Å²) in [5.41, 5.74) is 0.689.